The lowest BCUT2D eigenvalue weighted by atomic mass is 9.91. The number of anilines is 2. The molecule has 0 saturated heterocycles. The molecule has 0 bridgehead atoms. The Labute approximate surface area is 363 Å². The van der Waals surface area contributed by atoms with Crippen LogP contribution in [0.3, 0.4) is 0 Å². The molecule has 0 saturated carbocycles. The van der Waals surface area contributed by atoms with E-state index in [-0.39, 0.29) is 18.1 Å². The Morgan fingerprint density at radius 2 is 1.15 bits per heavy atom. The summed E-state index contributed by atoms with van der Waals surface area (Å²) < 4.78 is 2.41. The highest BCUT2D eigenvalue weighted by molar-refractivity contribution is 6.12. The first kappa shape index (κ1) is 37.3. The molecule has 3 heterocycles. The molecule has 2 unspecified atom stereocenters. The summed E-state index contributed by atoms with van der Waals surface area (Å²) in [4.78, 5) is 7.89. The molecule has 9 aromatic rings. The van der Waals surface area contributed by atoms with Crippen LogP contribution in [0.15, 0.2) is 229 Å². The van der Waals surface area contributed by atoms with Crippen LogP contribution in [-0.2, 0) is 0 Å². The third kappa shape index (κ3) is 6.80. The van der Waals surface area contributed by atoms with E-state index in [0.717, 1.165) is 40.3 Å². The van der Waals surface area contributed by atoms with Gasteiger partial charge in [0.1, 0.15) is 5.84 Å². The van der Waals surface area contributed by atoms with Gasteiger partial charge in [0, 0.05) is 39.0 Å². The molecule has 62 heavy (non-hydrogen) atoms. The second-order valence-electron chi connectivity index (χ2n) is 16.4. The van der Waals surface area contributed by atoms with Gasteiger partial charge in [0.25, 0.3) is 0 Å². The van der Waals surface area contributed by atoms with Crippen molar-refractivity contribution in [3.63, 3.8) is 0 Å². The summed E-state index contributed by atoms with van der Waals surface area (Å²) in [5, 5.41) is 6.32. The summed E-state index contributed by atoms with van der Waals surface area (Å²) in [5.41, 5.74) is 15.5. The molecule has 3 atom stereocenters. The van der Waals surface area contributed by atoms with E-state index in [1.807, 2.05) is 0 Å². The molecule has 8 aromatic carbocycles. The van der Waals surface area contributed by atoms with E-state index in [1.54, 1.807) is 0 Å². The monoisotopic (exact) mass is 798 g/mol. The Morgan fingerprint density at radius 1 is 0.516 bits per heavy atom. The molecule has 0 aliphatic carbocycles. The Bertz CT molecular complexity index is 3140. The van der Waals surface area contributed by atoms with Gasteiger partial charge >= 0.3 is 0 Å². The first-order chi connectivity index (χ1) is 30.7. The van der Waals surface area contributed by atoms with Crippen molar-refractivity contribution in [2.24, 2.45) is 4.99 Å². The molecule has 0 fully saturated rings. The van der Waals surface area contributed by atoms with Crippen molar-refractivity contribution in [3.8, 4) is 16.8 Å². The number of rotatable bonds is 7. The predicted octanol–water partition coefficient (Wildman–Crippen LogP) is 14.5. The van der Waals surface area contributed by atoms with E-state index < -0.39 is 0 Å². The van der Waals surface area contributed by atoms with E-state index in [9.17, 15) is 0 Å². The topological polar surface area (TPSA) is 32.6 Å². The minimum atomic E-state index is -0.00747. The molecule has 1 N–H and O–H groups in total. The molecule has 0 radical (unpaired) electrons. The number of amidine groups is 1. The van der Waals surface area contributed by atoms with Gasteiger partial charge in [0.15, 0.2) is 0 Å². The zero-order chi connectivity index (χ0) is 41.4. The summed E-state index contributed by atoms with van der Waals surface area (Å²) in [5.74, 6) is 0.928. The smallest absolute Gasteiger partial charge is 0.129 e. The molecule has 0 spiro atoms. The summed E-state index contributed by atoms with van der Waals surface area (Å²) in [6.45, 7) is 2.19. The van der Waals surface area contributed by atoms with Gasteiger partial charge in [0.2, 0.25) is 0 Å². The van der Waals surface area contributed by atoms with Crippen molar-refractivity contribution in [2.45, 2.75) is 31.5 Å². The van der Waals surface area contributed by atoms with E-state index in [2.05, 4.69) is 246 Å². The lowest BCUT2D eigenvalue weighted by Gasteiger charge is -2.35. The zero-order valence-electron chi connectivity index (χ0n) is 34.6. The third-order valence-corrected chi connectivity index (χ3v) is 12.6. The maximum absolute atomic E-state index is 5.42. The Kier molecular flexibility index (Phi) is 9.67. The van der Waals surface area contributed by atoms with Gasteiger partial charge in [-0.3, -0.25) is 4.99 Å². The van der Waals surface area contributed by atoms with Crippen molar-refractivity contribution in [1.29, 1.82) is 0 Å². The number of para-hydroxylation sites is 3. The van der Waals surface area contributed by atoms with Crippen LogP contribution in [0.2, 0.25) is 0 Å². The Hall–Kier alpha value is -7.69. The molecule has 2 aliphatic heterocycles. The number of benzene rings is 8. The maximum atomic E-state index is 5.42. The summed E-state index contributed by atoms with van der Waals surface area (Å²) in [6, 6.07) is 74.8. The number of hydrogen-bond donors (Lipinski definition) is 1. The zero-order valence-corrected chi connectivity index (χ0v) is 34.6. The standard InChI is InChI=1S/C58H46N4/c1-40-18-17-31-54(61(45-23-9-4-10-24-45)55-29-15-13-25-47(40)55)43-32-35-46(36-33-43)62-56-30-16-14-27-49(56)51-38-44(34-37-57(51)62)48-26-11-12-28-50(48)58-59-52(41-19-5-2-6-20-41)39-53(60-58)42-21-7-3-8-22-42/h2-38,52-54H,39H2,1H3,(H,59,60)/b31-17-,40-18+/t52?,53?,54-/m0/s1. The fraction of sp³-hybridized carbons (Fsp3) is 0.0862. The van der Waals surface area contributed by atoms with Crippen LogP contribution >= 0.6 is 0 Å². The van der Waals surface area contributed by atoms with Crippen molar-refractivity contribution >= 4 is 44.6 Å². The second-order valence-corrected chi connectivity index (χ2v) is 16.4. The van der Waals surface area contributed by atoms with Gasteiger partial charge in [-0.05, 0) is 95.3 Å². The highest BCUT2D eigenvalue weighted by atomic mass is 15.2. The number of hydrogen-bond acceptors (Lipinski definition) is 3. The number of aliphatic imine (C=N–C) groups is 1. The molecule has 298 valence electrons. The molecule has 1 aromatic heterocycles. The van der Waals surface area contributed by atoms with Crippen LogP contribution in [0, 0.1) is 0 Å². The average molecular weight is 799 g/mol. The first-order valence-electron chi connectivity index (χ1n) is 21.6. The SMILES string of the molecule is C/C1=C\C=C/[C@@H](c2ccc(-n3c4ccccc4c4cc(-c5ccccc5C5=NC(c6ccccc6)CC(c6ccccc6)N5)ccc43)cc2)N(c2ccccc2)c2ccccc21. The third-order valence-electron chi connectivity index (χ3n) is 12.6. The highest BCUT2D eigenvalue weighted by Crippen LogP contribution is 2.43. The Balaban J connectivity index is 0.987. The number of fused-ring (bicyclic) bond motifs is 4. The molecule has 11 rings (SSSR count). The molecular weight excluding hydrogens is 753 g/mol. The van der Waals surface area contributed by atoms with Crippen LogP contribution in [0.5, 0.6) is 0 Å². The van der Waals surface area contributed by atoms with Crippen molar-refractivity contribution < 1.29 is 0 Å². The van der Waals surface area contributed by atoms with Crippen molar-refractivity contribution in [1.82, 2.24) is 9.88 Å². The summed E-state index contributed by atoms with van der Waals surface area (Å²) in [7, 11) is 0. The average Bonchev–Trinajstić information content (AvgIpc) is 3.67. The van der Waals surface area contributed by atoms with E-state index in [4.69, 9.17) is 4.99 Å². The van der Waals surface area contributed by atoms with Crippen LogP contribution in [0.25, 0.3) is 44.2 Å². The fourth-order valence-electron chi connectivity index (χ4n) is 9.61. The van der Waals surface area contributed by atoms with Crippen LogP contribution in [-0.4, -0.2) is 10.4 Å². The van der Waals surface area contributed by atoms with Crippen LogP contribution in [0.1, 0.15) is 59.3 Å². The minimum absolute atomic E-state index is 0.00747. The lowest BCUT2D eigenvalue weighted by molar-refractivity contribution is 0.491. The molecule has 4 nitrogen and oxygen atoms in total. The second kappa shape index (κ2) is 16.1. The number of aromatic nitrogens is 1. The van der Waals surface area contributed by atoms with Crippen molar-refractivity contribution in [3.05, 3.63) is 252 Å². The minimum Gasteiger partial charge on any atom is -0.363 e. The van der Waals surface area contributed by atoms with E-state index in [1.165, 1.54) is 55.3 Å². The number of nitrogens with zero attached hydrogens (tertiary/aromatic N) is 3. The van der Waals surface area contributed by atoms with Gasteiger partial charge in [-0.25, -0.2) is 0 Å². The summed E-state index contributed by atoms with van der Waals surface area (Å²) >= 11 is 0. The Morgan fingerprint density at radius 3 is 1.92 bits per heavy atom. The van der Waals surface area contributed by atoms with E-state index >= 15 is 0 Å². The normalized spacial score (nSPS) is 18.8. The maximum Gasteiger partial charge on any atom is 0.129 e. The number of allylic oxidation sites excluding steroid dienone is 3. The van der Waals surface area contributed by atoms with Crippen molar-refractivity contribution in [2.75, 3.05) is 4.90 Å². The van der Waals surface area contributed by atoms with Gasteiger partial charge in [0.05, 0.1) is 29.2 Å². The van der Waals surface area contributed by atoms with Gasteiger partial charge in [-0.1, -0.05) is 176 Å². The van der Waals surface area contributed by atoms with Crippen LogP contribution < -0.4 is 10.2 Å². The molecule has 0 amide bonds. The largest absolute Gasteiger partial charge is 0.363 e. The van der Waals surface area contributed by atoms with Gasteiger partial charge < -0.3 is 14.8 Å². The number of nitrogens with one attached hydrogen (secondary N) is 1. The van der Waals surface area contributed by atoms with Gasteiger partial charge in [-0.15, -0.1) is 0 Å². The van der Waals surface area contributed by atoms with Gasteiger partial charge in [-0.2, -0.15) is 0 Å². The first-order valence-corrected chi connectivity index (χ1v) is 21.6. The predicted molar refractivity (Wildman–Crippen MR) is 259 cm³/mol. The summed E-state index contributed by atoms with van der Waals surface area (Å²) in [6.07, 6.45) is 7.65. The highest BCUT2D eigenvalue weighted by Gasteiger charge is 2.28. The molecule has 2 aliphatic rings. The molecule has 4 heteroatoms. The van der Waals surface area contributed by atoms with E-state index in [0.29, 0.717) is 0 Å². The van der Waals surface area contributed by atoms with Crippen LogP contribution in [0.4, 0.5) is 11.4 Å². The molecular formula is C58H46N4. The fourth-order valence-corrected chi connectivity index (χ4v) is 9.61. The lowest BCUT2D eigenvalue weighted by Crippen LogP contribution is -2.35. The quantitative estimate of drug-likeness (QED) is 0.174.